The smallest absolute Gasteiger partial charge is 0.133 e. The van der Waals surface area contributed by atoms with E-state index in [1.807, 2.05) is 7.05 Å². The van der Waals surface area contributed by atoms with Crippen LogP contribution in [0.2, 0.25) is 0 Å². The van der Waals surface area contributed by atoms with Crippen molar-refractivity contribution < 1.29 is 4.74 Å². The first kappa shape index (κ1) is 17.5. The maximum absolute atomic E-state index is 5.74. The van der Waals surface area contributed by atoms with E-state index in [1.54, 1.807) is 0 Å². The minimum absolute atomic E-state index is 0.157. The van der Waals surface area contributed by atoms with Crippen molar-refractivity contribution in [3.63, 3.8) is 0 Å². The number of nitrogens with one attached hydrogen (secondary N) is 1. The Kier molecular flexibility index (Phi) is 6.08. The molecule has 0 radical (unpaired) electrons. The summed E-state index contributed by atoms with van der Waals surface area (Å²) < 4.78 is 6.77. The largest absolute Gasteiger partial charge is 0.491 e. The summed E-state index contributed by atoms with van der Waals surface area (Å²) in [6.45, 7) is 13.0. The summed E-state index contributed by atoms with van der Waals surface area (Å²) in [5, 5.41) is 3.08. The van der Waals surface area contributed by atoms with Gasteiger partial charge in [0, 0.05) is 6.54 Å². The van der Waals surface area contributed by atoms with Crippen LogP contribution in [0.4, 0.5) is 0 Å². The SMILES string of the molecule is CNCCOc1ccc(C(C)(C)CC(C)(C)C)cc1Br. The van der Waals surface area contributed by atoms with Crippen LogP contribution in [0.3, 0.4) is 0 Å². The van der Waals surface area contributed by atoms with Crippen LogP contribution >= 0.6 is 15.9 Å². The summed E-state index contributed by atoms with van der Waals surface area (Å²) >= 11 is 3.63. The zero-order valence-corrected chi connectivity index (χ0v) is 15.2. The molecule has 0 saturated carbocycles. The highest BCUT2D eigenvalue weighted by molar-refractivity contribution is 9.10. The summed E-state index contributed by atoms with van der Waals surface area (Å²) in [5.41, 5.74) is 1.82. The van der Waals surface area contributed by atoms with E-state index < -0.39 is 0 Å². The standard InChI is InChI=1S/C17H28BrNO/c1-16(2,3)12-17(4,5)13-7-8-15(14(18)11-13)20-10-9-19-6/h7-8,11,19H,9-10,12H2,1-6H3. The number of hydrogen-bond acceptors (Lipinski definition) is 2. The monoisotopic (exact) mass is 341 g/mol. The molecule has 0 unspecified atom stereocenters. The van der Waals surface area contributed by atoms with Gasteiger partial charge >= 0.3 is 0 Å². The van der Waals surface area contributed by atoms with E-state index in [2.05, 4.69) is 74.1 Å². The average Bonchev–Trinajstić information content (AvgIpc) is 2.28. The molecule has 0 bridgehead atoms. The topological polar surface area (TPSA) is 21.3 Å². The molecule has 20 heavy (non-hydrogen) atoms. The van der Waals surface area contributed by atoms with Gasteiger partial charge < -0.3 is 10.1 Å². The zero-order chi connectivity index (χ0) is 15.4. The van der Waals surface area contributed by atoms with Crippen molar-refractivity contribution in [2.75, 3.05) is 20.2 Å². The van der Waals surface area contributed by atoms with Crippen LogP contribution in [0.15, 0.2) is 22.7 Å². The number of rotatable bonds is 6. The van der Waals surface area contributed by atoms with Gasteiger partial charge in [-0.3, -0.25) is 0 Å². The van der Waals surface area contributed by atoms with E-state index in [0.29, 0.717) is 12.0 Å². The predicted molar refractivity (Wildman–Crippen MR) is 90.7 cm³/mol. The molecule has 0 aliphatic heterocycles. The van der Waals surface area contributed by atoms with Gasteiger partial charge in [-0.15, -0.1) is 0 Å². The van der Waals surface area contributed by atoms with Crippen molar-refractivity contribution in [3.05, 3.63) is 28.2 Å². The summed E-state index contributed by atoms with van der Waals surface area (Å²) in [6.07, 6.45) is 1.15. The molecule has 1 aromatic carbocycles. The minimum atomic E-state index is 0.157. The van der Waals surface area contributed by atoms with E-state index in [1.165, 1.54) is 5.56 Å². The van der Waals surface area contributed by atoms with Gasteiger partial charge in [0.15, 0.2) is 0 Å². The Hall–Kier alpha value is -0.540. The highest BCUT2D eigenvalue weighted by atomic mass is 79.9. The quantitative estimate of drug-likeness (QED) is 0.753. The maximum Gasteiger partial charge on any atom is 0.133 e. The molecule has 3 heteroatoms. The Bertz CT molecular complexity index is 435. The average molecular weight is 342 g/mol. The van der Waals surface area contributed by atoms with Crippen LogP contribution in [0, 0.1) is 5.41 Å². The minimum Gasteiger partial charge on any atom is -0.491 e. The number of hydrogen-bond donors (Lipinski definition) is 1. The van der Waals surface area contributed by atoms with Crippen molar-refractivity contribution in [1.29, 1.82) is 0 Å². The zero-order valence-electron chi connectivity index (χ0n) is 13.6. The number of halogens is 1. The van der Waals surface area contributed by atoms with Gasteiger partial charge in [-0.25, -0.2) is 0 Å². The van der Waals surface area contributed by atoms with Crippen LogP contribution in [0.25, 0.3) is 0 Å². The normalized spacial score (nSPS) is 12.6. The summed E-state index contributed by atoms with van der Waals surface area (Å²) in [4.78, 5) is 0. The van der Waals surface area contributed by atoms with Gasteiger partial charge in [0.05, 0.1) is 4.47 Å². The van der Waals surface area contributed by atoms with Crippen LogP contribution in [-0.4, -0.2) is 20.2 Å². The maximum atomic E-state index is 5.74. The fourth-order valence-electron chi connectivity index (χ4n) is 2.73. The molecule has 0 fully saturated rings. The van der Waals surface area contributed by atoms with Crippen molar-refractivity contribution in [3.8, 4) is 5.75 Å². The number of benzene rings is 1. The van der Waals surface area contributed by atoms with E-state index in [-0.39, 0.29) is 5.41 Å². The molecule has 1 rings (SSSR count). The first-order chi connectivity index (χ1) is 9.15. The lowest BCUT2D eigenvalue weighted by Crippen LogP contribution is -2.24. The third-order valence-electron chi connectivity index (χ3n) is 3.30. The number of ether oxygens (including phenoxy) is 1. The molecule has 0 aliphatic rings. The van der Waals surface area contributed by atoms with Crippen molar-refractivity contribution in [2.24, 2.45) is 5.41 Å². The van der Waals surface area contributed by atoms with Crippen LogP contribution < -0.4 is 10.1 Å². The Labute approximate surface area is 132 Å². The van der Waals surface area contributed by atoms with E-state index >= 15 is 0 Å². The molecule has 0 heterocycles. The lowest BCUT2D eigenvalue weighted by atomic mass is 9.72. The third-order valence-corrected chi connectivity index (χ3v) is 3.91. The molecule has 114 valence electrons. The van der Waals surface area contributed by atoms with E-state index in [4.69, 9.17) is 4.74 Å². The second-order valence-electron chi connectivity index (χ2n) is 7.22. The molecule has 1 aromatic rings. The van der Waals surface area contributed by atoms with E-state index in [0.717, 1.165) is 23.2 Å². The first-order valence-corrected chi connectivity index (χ1v) is 8.02. The van der Waals surface area contributed by atoms with Gasteiger partial charge in [0.2, 0.25) is 0 Å². The Morgan fingerprint density at radius 1 is 1.15 bits per heavy atom. The molecule has 0 atom stereocenters. The molecular weight excluding hydrogens is 314 g/mol. The predicted octanol–water partition coefficient (Wildman–Crippen LogP) is 4.76. The van der Waals surface area contributed by atoms with Crippen LogP contribution in [-0.2, 0) is 5.41 Å². The molecular formula is C17H28BrNO. The highest BCUT2D eigenvalue weighted by Gasteiger charge is 2.27. The van der Waals surface area contributed by atoms with E-state index in [9.17, 15) is 0 Å². The Morgan fingerprint density at radius 3 is 2.30 bits per heavy atom. The highest BCUT2D eigenvalue weighted by Crippen LogP contribution is 2.38. The van der Waals surface area contributed by atoms with Crippen LogP contribution in [0.5, 0.6) is 5.75 Å². The van der Waals surface area contributed by atoms with Crippen molar-refractivity contribution >= 4 is 15.9 Å². The third kappa shape index (κ3) is 5.45. The fraction of sp³-hybridized carbons (Fsp3) is 0.647. The summed E-state index contributed by atoms with van der Waals surface area (Å²) in [5.74, 6) is 0.913. The van der Waals surface area contributed by atoms with Gasteiger partial charge in [-0.05, 0) is 57.9 Å². The van der Waals surface area contributed by atoms with Gasteiger partial charge in [0.25, 0.3) is 0 Å². The first-order valence-electron chi connectivity index (χ1n) is 7.23. The second kappa shape index (κ2) is 6.95. The fourth-order valence-corrected chi connectivity index (χ4v) is 3.22. The van der Waals surface area contributed by atoms with Gasteiger partial charge in [-0.2, -0.15) is 0 Å². The van der Waals surface area contributed by atoms with Gasteiger partial charge in [0.1, 0.15) is 12.4 Å². The number of likely N-dealkylation sites (N-methyl/N-ethyl adjacent to an activating group) is 1. The molecule has 0 spiro atoms. The molecule has 1 N–H and O–H groups in total. The Balaban J connectivity index is 2.85. The molecule has 0 saturated heterocycles. The van der Waals surface area contributed by atoms with Gasteiger partial charge in [-0.1, -0.05) is 40.7 Å². The lowest BCUT2D eigenvalue weighted by molar-refractivity contribution is 0.283. The van der Waals surface area contributed by atoms with Crippen molar-refractivity contribution in [2.45, 2.75) is 46.5 Å². The lowest BCUT2D eigenvalue weighted by Gasteiger charge is -2.33. The summed E-state index contributed by atoms with van der Waals surface area (Å²) in [6, 6.07) is 6.45. The van der Waals surface area contributed by atoms with Crippen molar-refractivity contribution in [1.82, 2.24) is 5.32 Å². The molecule has 0 aromatic heterocycles. The molecule has 2 nitrogen and oxygen atoms in total. The Morgan fingerprint density at radius 2 is 1.80 bits per heavy atom. The van der Waals surface area contributed by atoms with Crippen LogP contribution in [0.1, 0.15) is 46.6 Å². The molecule has 0 aliphatic carbocycles. The second-order valence-corrected chi connectivity index (χ2v) is 8.07. The summed E-state index contributed by atoms with van der Waals surface area (Å²) in [7, 11) is 1.93. The molecule has 0 amide bonds.